The van der Waals surface area contributed by atoms with Crippen molar-refractivity contribution in [1.29, 1.82) is 0 Å². The molecule has 11 aromatic rings. The van der Waals surface area contributed by atoms with Gasteiger partial charge in [-0.1, -0.05) is 158 Å². The van der Waals surface area contributed by atoms with Crippen molar-refractivity contribution in [3.63, 3.8) is 0 Å². The number of amidine groups is 1. The molecular weight excluding hydrogens is 807 g/mol. The van der Waals surface area contributed by atoms with E-state index in [1.54, 1.807) is 0 Å². The Balaban J connectivity index is 0.000000511. The Morgan fingerprint density at radius 1 is 0.576 bits per heavy atom. The van der Waals surface area contributed by atoms with Gasteiger partial charge >= 0.3 is 0 Å². The van der Waals surface area contributed by atoms with Crippen molar-refractivity contribution in [3.8, 4) is 16.8 Å². The molecule has 6 nitrogen and oxygen atoms in total. The molecular formula is C60H47N5O. The van der Waals surface area contributed by atoms with E-state index in [2.05, 4.69) is 173 Å². The number of aliphatic imine (C=N–C) groups is 3. The molecule has 318 valence electrons. The smallest absolute Gasteiger partial charge is 0.154 e. The van der Waals surface area contributed by atoms with E-state index in [4.69, 9.17) is 9.41 Å². The van der Waals surface area contributed by atoms with Gasteiger partial charge in [-0.05, 0) is 97.2 Å². The lowest BCUT2D eigenvalue weighted by atomic mass is 9.98. The summed E-state index contributed by atoms with van der Waals surface area (Å²) >= 11 is 0. The first kappa shape index (κ1) is 41.4. The monoisotopic (exact) mass is 853 g/mol. The fourth-order valence-corrected chi connectivity index (χ4v) is 9.00. The SMILES string of the molecule is C=NC(=NCc1ccc(-n2c3ccccc3c3c(-c4ccc5c(c4)c4ccccc4n5/C(C)=C/C=C\c4coc5ccccc45)cccc32)cc1)c1ccccc1.C=NCc1ccccc1. The minimum Gasteiger partial charge on any atom is -0.464 e. The number of rotatable bonds is 10. The van der Waals surface area contributed by atoms with E-state index in [1.165, 1.54) is 60.3 Å². The normalized spacial score (nSPS) is 12.1. The zero-order valence-corrected chi connectivity index (χ0v) is 36.8. The molecule has 6 heteroatoms. The van der Waals surface area contributed by atoms with Crippen LogP contribution in [0.3, 0.4) is 0 Å². The molecule has 66 heavy (non-hydrogen) atoms. The summed E-state index contributed by atoms with van der Waals surface area (Å²) in [5.74, 6) is 0.649. The van der Waals surface area contributed by atoms with Gasteiger partial charge in [0.25, 0.3) is 0 Å². The van der Waals surface area contributed by atoms with Crippen LogP contribution in [0.4, 0.5) is 0 Å². The molecule has 0 unspecified atom stereocenters. The molecule has 0 aliphatic carbocycles. The number of furan rings is 1. The standard InChI is InChI=1S/C52H38N4O.C8H9N/c1-35(14-12-17-39-34-57-50-25-11-8-18-41(39)50)55-46-22-9-6-19-43(46)45-32-38(28-31-48(45)55)42-21-13-24-49-51(42)44-20-7-10-23-47(44)56(49)40-29-26-36(27-30-40)33-54-52(53-2)37-15-4-3-5-16-37;1-9-7-8-5-3-2-4-6-8/h3-32,34H,2,33H2,1H3;2-6H,1,7H2/b17-12-,35-14+,54-52?;. The first-order chi connectivity index (χ1) is 32.6. The molecule has 0 atom stereocenters. The average molecular weight is 854 g/mol. The molecule has 3 heterocycles. The van der Waals surface area contributed by atoms with E-state index >= 15 is 0 Å². The number of hydrogen-bond acceptors (Lipinski definition) is 3. The van der Waals surface area contributed by atoms with Crippen LogP contribution in [0.1, 0.15) is 29.2 Å². The number of para-hydroxylation sites is 3. The van der Waals surface area contributed by atoms with Crippen LogP contribution in [0.2, 0.25) is 0 Å². The van der Waals surface area contributed by atoms with Crippen LogP contribution in [0.15, 0.2) is 232 Å². The van der Waals surface area contributed by atoms with Gasteiger partial charge in [0.15, 0.2) is 5.84 Å². The van der Waals surface area contributed by atoms with Crippen LogP contribution >= 0.6 is 0 Å². The Morgan fingerprint density at radius 2 is 1.23 bits per heavy atom. The molecule has 0 bridgehead atoms. The Kier molecular flexibility index (Phi) is 11.7. The molecule has 0 saturated heterocycles. The Morgan fingerprint density at radius 3 is 2.00 bits per heavy atom. The highest BCUT2D eigenvalue weighted by molar-refractivity contribution is 6.17. The number of aromatic nitrogens is 2. The van der Waals surface area contributed by atoms with Crippen molar-refractivity contribution < 1.29 is 4.42 Å². The number of hydrogen-bond donors (Lipinski definition) is 0. The quantitative estimate of drug-likeness (QED) is 0.0768. The molecule has 3 aromatic heterocycles. The lowest BCUT2D eigenvalue weighted by Crippen LogP contribution is -1.98. The Bertz CT molecular complexity index is 3620. The largest absolute Gasteiger partial charge is 0.464 e. The molecule has 11 rings (SSSR count). The number of nitrogens with zero attached hydrogens (tertiary/aromatic N) is 5. The third kappa shape index (κ3) is 8.08. The Labute approximate surface area is 384 Å². The first-order valence-corrected chi connectivity index (χ1v) is 22.1. The number of benzene rings is 8. The molecule has 0 radical (unpaired) electrons. The highest BCUT2D eigenvalue weighted by Crippen LogP contribution is 2.41. The molecule has 0 aliphatic rings. The third-order valence-electron chi connectivity index (χ3n) is 12.1. The predicted molar refractivity (Wildman–Crippen MR) is 280 cm³/mol. The summed E-state index contributed by atoms with van der Waals surface area (Å²) in [6, 6.07) is 67.9. The highest BCUT2D eigenvalue weighted by atomic mass is 16.3. The van der Waals surface area contributed by atoms with E-state index in [9.17, 15) is 0 Å². The number of allylic oxidation sites excluding steroid dienone is 3. The average Bonchev–Trinajstić information content (AvgIpc) is 4.05. The summed E-state index contributed by atoms with van der Waals surface area (Å²) in [5.41, 5.74) is 14.6. The van der Waals surface area contributed by atoms with E-state index in [0.717, 1.165) is 45.6 Å². The molecule has 8 aromatic carbocycles. The van der Waals surface area contributed by atoms with Crippen molar-refractivity contribution in [2.75, 3.05) is 0 Å². The maximum absolute atomic E-state index is 5.76. The maximum Gasteiger partial charge on any atom is 0.154 e. The zero-order valence-electron chi connectivity index (χ0n) is 36.8. The van der Waals surface area contributed by atoms with Gasteiger partial charge in [0.05, 0.1) is 41.4 Å². The van der Waals surface area contributed by atoms with Crippen LogP contribution in [-0.2, 0) is 13.1 Å². The van der Waals surface area contributed by atoms with Crippen molar-refractivity contribution in [2.45, 2.75) is 20.0 Å². The second-order valence-corrected chi connectivity index (χ2v) is 16.2. The fourth-order valence-electron chi connectivity index (χ4n) is 9.00. The van der Waals surface area contributed by atoms with Crippen molar-refractivity contribution in [3.05, 3.63) is 235 Å². The second kappa shape index (κ2) is 18.6. The van der Waals surface area contributed by atoms with Gasteiger partial charge in [-0.3, -0.25) is 9.98 Å². The van der Waals surface area contributed by atoms with Crippen LogP contribution in [0.25, 0.3) is 83.2 Å². The summed E-state index contributed by atoms with van der Waals surface area (Å²) in [4.78, 5) is 12.7. The molecule has 0 amide bonds. The molecule has 0 saturated carbocycles. The lowest BCUT2D eigenvalue weighted by molar-refractivity contribution is 0.615. The summed E-state index contributed by atoms with van der Waals surface area (Å²) in [6.07, 6.45) is 8.23. The van der Waals surface area contributed by atoms with E-state index < -0.39 is 0 Å². The topological polar surface area (TPSA) is 60.1 Å². The molecule has 0 N–H and O–H groups in total. The van der Waals surface area contributed by atoms with Gasteiger partial charge in [-0.2, -0.15) is 0 Å². The van der Waals surface area contributed by atoms with E-state index in [-0.39, 0.29) is 0 Å². The summed E-state index contributed by atoms with van der Waals surface area (Å²) in [5, 5.41) is 6.02. The lowest BCUT2D eigenvalue weighted by Gasteiger charge is -2.10. The minimum absolute atomic E-state index is 0.522. The van der Waals surface area contributed by atoms with Crippen LogP contribution in [-0.4, -0.2) is 28.4 Å². The molecule has 0 aliphatic heterocycles. The number of fused-ring (bicyclic) bond motifs is 7. The van der Waals surface area contributed by atoms with Gasteiger partial charge in [-0.25, -0.2) is 4.99 Å². The van der Waals surface area contributed by atoms with Crippen LogP contribution < -0.4 is 0 Å². The predicted octanol–water partition coefficient (Wildman–Crippen LogP) is 15.4. The van der Waals surface area contributed by atoms with Crippen molar-refractivity contribution in [1.82, 2.24) is 9.13 Å². The van der Waals surface area contributed by atoms with Crippen LogP contribution in [0.5, 0.6) is 0 Å². The van der Waals surface area contributed by atoms with E-state index in [0.29, 0.717) is 12.4 Å². The first-order valence-electron chi connectivity index (χ1n) is 22.1. The Hall–Kier alpha value is -8.61. The maximum atomic E-state index is 5.76. The van der Waals surface area contributed by atoms with Crippen molar-refractivity contribution in [2.24, 2.45) is 15.0 Å². The molecule has 0 fully saturated rings. The summed E-state index contributed by atoms with van der Waals surface area (Å²) in [6.45, 7) is 10.6. The second-order valence-electron chi connectivity index (χ2n) is 16.2. The van der Waals surface area contributed by atoms with Gasteiger partial charge in [-0.15, -0.1) is 0 Å². The van der Waals surface area contributed by atoms with Gasteiger partial charge in [0, 0.05) is 49.4 Å². The zero-order chi connectivity index (χ0) is 44.8. The van der Waals surface area contributed by atoms with Gasteiger partial charge < -0.3 is 13.6 Å². The summed E-state index contributed by atoms with van der Waals surface area (Å²) in [7, 11) is 0. The third-order valence-corrected chi connectivity index (χ3v) is 12.1. The highest BCUT2D eigenvalue weighted by Gasteiger charge is 2.18. The summed E-state index contributed by atoms with van der Waals surface area (Å²) < 4.78 is 10.5. The van der Waals surface area contributed by atoms with E-state index in [1.807, 2.05) is 85.1 Å². The van der Waals surface area contributed by atoms with Crippen molar-refractivity contribution >= 4 is 85.6 Å². The van der Waals surface area contributed by atoms with Crippen LogP contribution in [0, 0.1) is 0 Å². The fraction of sp³-hybridized carbons (Fsp3) is 0.0500. The molecule has 0 spiro atoms. The van der Waals surface area contributed by atoms with Gasteiger partial charge in [0.1, 0.15) is 5.58 Å². The van der Waals surface area contributed by atoms with Gasteiger partial charge in [0.2, 0.25) is 0 Å². The minimum atomic E-state index is 0.522.